The van der Waals surface area contributed by atoms with E-state index in [1.807, 2.05) is 6.92 Å². The van der Waals surface area contributed by atoms with Crippen LogP contribution in [0.5, 0.6) is 0 Å². The second kappa shape index (κ2) is 8.43. The summed E-state index contributed by atoms with van der Waals surface area (Å²) in [6.45, 7) is 4.93. The van der Waals surface area contributed by atoms with Gasteiger partial charge in [0, 0.05) is 23.7 Å². The van der Waals surface area contributed by atoms with Crippen molar-refractivity contribution >= 4 is 30.6 Å². The fourth-order valence-electron chi connectivity index (χ4n) is 3.97. The standard InChI is InChI=1S/C18H33Cl2O2P/c1-3-4-5-6-7-8-9-10-11-12-13-22-23(21)14-16-17(2,15-23)18(16,19)20/h16H,3-15H2,1-2H3. The molecule has 0 aromatic carbocycles. The van der Waals surface area contributed by atoms with E-state index in [0.717, 1.165) is 6.42 Å². The minimum atomic E-state index is -2.47. The topological polar surface area (TPSA) is 26.3 Å². The maximum absolute atomic E-state index is 12.7. The van der Waals surface area contributed by atoms with E-state index in [4.69, 9.17) is 27.7 Å². The third-order valence-corrected chi connectivity index (χ3v) is 9.84. The van der Waals surface area contributed by atoms with Crippen LogP contribution < -0.4 is 0 Å². The van der Waals surface area contributed by atoms with Crippen molar-refractivity contribution in [1.29, 1.82) is 0 Å². The molecule has 2 fully saturated rings. The van der Waals surface area contributed by atoms with Gasteiger partial charge < -0.3 is 4.52 Å². The minimum Gasteiger partial charge on any atom is -0.328 e. The fraction of sp³-hybridized carbons (Fsp3) is 1.00. The maximum atomic E-state index is 12.7. The van der Waals surface area contributed by atoms with Crippen molar-refractivity contribution in [2.75, 3.05) is 18.9 Å². The minimum absolute atomic E-state index is 0.164. The zero-order chi connectivity index (χ0) is 17.0. The summed E-state index contributed by atoms with van der Waals surface area (Å²) in [6, 6.07) is 0. The molecule has 136 valence electrons. The Labute approximate surface area is 152 Å². The van der Waals surface area contributed by atoms with Crippen LogP contribution in [0.2, 0.25) is 0 Å². The first-order chi connectivity index (χ1) is 10.9. The summed E-state index contributed by atoms with van der Waals surface area (Å²) < 4.78 is 17.8. The van der Waals surface area contributed by atoms with Gasteiger partial charge in [-0.1, -0.05) is 71.6 Å². The molecule has 3 atom stereocenters. The van der Waals surface area contributed by atoms with Gasteiger partial charge in [0.2, 0.25) is 7.37 Å². The van der Waals surface area contributed by atoms with Crippen molar-refractivity contribution < 1.29 is 9.09 Å². The number of fused-ring (bicyclic) bond motifs is 1. The summed E-state index contributed by atoms with van der Waals surface area (Å²) in [5.41, 5.74) is -0.177. The Balaban J connectivity index is 1.44. The van der Waals surface area contributed by atoms with Crippen LogP contribution in [0.25, 0.3) is 0 Å². The third-order valence-electron chi connectivity index (χ3n) is 5.74. The molecule has 1 aliphatic carbocycles. The van der Waals surface area contributed by atoms with Gasteiger partial charge in [0.1, 0.15) is 4.33 Å². The molecule has 0 spiro atoms. The van der Waals surface area contributed by atoms with Gasteiger partial charge in [0.05, 0.1) is 6.61 Å². The van der Waals surface area contributed by atoms with Gasteiger partial charge in [-0.15, -0.1) is 23.2 Å². The molecule has 1 aliphatic heterocycles. The first kappa shape index (κ1) is 20.1. The Morgan fingerprint density at radius 1 is 1.00 bits per heavy atom. The molecule has 2 nitrogen and oxygen atoms in total. The van der Waals surface area contributed by atoms with Crippen molar-refractivity contribution in [3.05, 3.63) is 0 Å². The molecule has 0 aromatic rings. The Morgan fingerprint density at radius 3 is 2.00 bits per heavy atom. The SMILES string of the molecule is CCCCCCCCCCCCOP1(=O)CC2C(Cl)(Cl)C2(C)C1. The first-order valence-corrected chi connectivity index (χ1v) is 12.2. The van der Waals surface area contributed by atoms with E-state index in [-0.39, 0.29) is 11.3 Å². The van der Waals surface area contributed by atoms with E-state index in [9.17, 15) is 4.57 Å². The van der Waals surface area contributed by atoms with Crippen LogP contribution in [-0.4, -0.2) is 23.3 Å². The fourth-order valence-corrected chi connectivity index (χ4v) is 8.78. The normalized spacial score (nSPS) is 34.5. The number of halogens is 2. The van der Waals surface area contributed by atoms with Gasteiger partial charge in [-0.05, 0) is 6.42 Å². The van der Waals surface area contributed by atoms with E-state index >= 15 is 0 Å². The average Bonchev–Trinajstić information content (AvgIpc) is 2.77. The number of unbranched alkanes of at least 4 members (excludes halogenated alkanes) is 9. The first-order valence-electron chi connectivity index (χ1n) is 9.46. The summed E-state index contributed by atoms with van der Waals surface area (Å²) in [5, 5.41) is 0. The highest BCUT2D eigenvalue weighted by Crippen LogP contribution is 2.81. The summed E-state index contributed by atoms with van der Waals surface area (Å²) in [7, 11) is -2.47. The molecule has 0 N–H and O–H groups in total. The Hall–Kier alpha value is 0.770. The Morgan fingerprint density at radius 2 is 1.52 bits per heavy atom. The summed E-state index contributed by atoms with van der Waals surface area (Å²) in [6.07, 6.45) is 14.2. The molecule has 0 radical (unpaired) electrons. The van der Waals surface area contributed by atoms with Crippen molar-refractivity contribution in [3.63, 3.8) is 0 Å². The van der Waals surface area contributed by atoms with E-state index in [0.29, 0.717) is 18.9 Å². The molecule has 23 heavy (non-hydrogen) atoms. The van der Waals surface area contributed by atoms with E-state index < -0.39 is 11.7 Å². The van der Waals surface area contributed by atoms with Crippen LogP contribution in [0.3, 0.4) is 0 Å². The predicted molar refractivity (Wildman–Crippen MR) is 101 cm³/mol. The van der Waals surface area contributed by atoms with Crippen LogP contribution in [-0.2, 0) is 9.09 Å². The van der Waals surface area contributed by atoms with Crippen molar-refractivity contribution in [3.8, 4) is 0 Å². The van der Waals surface area contributed by atoms with Crippen molar-refractivity contribution in [2.45, 2.75) is 82.4 Å². The van der Waals surface area contributed by atoms with Crippen molar-refractivity contribution in [2.24, 2.45) is 11.3 Å². The number of rotatable bonds is 12. The molecular formula is C18H33Cl2O2P. The molecule has 0 bridgehead atoms. The molecule has 5 heteroatoms. The second-order valence-corrected chi connectivity index (χ2v) is 11.7. The van der Waals surface area contributed by atoms with Gasteiger partial charge in [-0.3, -0.25) is 4.57 Å². The van der Waals surface area contributed by atoms with Gasteiger partial charge in [-0.25, -0.2) is 0 Å². The van der Waals surface area contributed by atoms with E-state index in [1.165, 1.54) is 57.8 Å². The lowest BCUT2D eigenvalue weighted by atomic mass is 10.1. The molecule has 0 aromatic heterocycles. The summed E-state index contributed by atoms with van der Waals surface area (Å²) in [5.74, 6) is 0.164. The van der Waals surface area contributed by atoms with E-state index in [2.05, 4.69) is 6.92 Å². The zero-order valence-electron chi connectivity index (χ0n) is 14.8. The molecule has 2 rings (SSSR count). The highest BCUT2D eigenvalue weighted by Gasteiger charge is 2.79. The van der Waals surface area contributed by atoms with Crippen molar-refractivity contribution in [1.82, 2.24) is 0 Å². The van der Waals surface area contributed by atoms with Gasteiger partial charge in [-0.2, -0.15) is 0 Å². The lowest BCUT2D eigenvalue weighted by Gasteiger charge is -2.19. The molecular weight excluding hydrogens is 350 g/mol. The monoisotopic (exact) mass is 382 g/mol. The summed E-state index contributed by atoms with van der Waals surface area (Å²) >= 11 is 12.5. The van der Waals surface area contributed by atoms with Gasteiger partial charge in [0.25, 0.3) is 0 Å². The third kappa shape index (κ3) is 4.90. The maximum Gasteiger partial charge on any atom is 0.204 e. The predicted octanol–water partition coefficient (Wildman–Crippen LogP) is 7.03. The van der Waals surface area contributed by atoms with Gasteiger partial charge >= 0.3 is 0 Å². The quantitative estimate of drug-likeness (QED) is 0.205. The molecule has 1 saturated heterocycles. The zero-order valence-corrected chi connectivity index (χ0v) is 17.2. The van der Waals surface area contributed by atoms with E-state index in [1.54, 1.807) is 0 Å². The number of alkyl halides is 2. The number of hydrogen-bond acceptors (Lipinski definition) is 2. The number of hydrogen-bond donors (Lipinski definition) is 0. The summed E-state index contributed by atoms with van der Waals surface area (Å²) in [4.78, 5) is 0. The van der Waals surface area contributed by atoms with Crippen LogP contribution in [0, 0.1) is 11.3 Å². The molecule has 2 aliphatic rings. The Kier molecular flexibility index (Phi) is 7.37. The van der Waals surface area contributed by atoms with Crippen LogP contribution in [0.1, 0.15) is 78.1 Å². The van der Waals surface area contributed by atoms with Crippen LogP contribution >= 0.6 is 30.6 Å². The average molecular weight is 383 g/mol. The highest BCUT2D eigenvalue weighted by molar-refractivity contribution is 7.59. The van der Waals surface area contributed by atoms with Crippen LogP contribution in [0.15, 0.2) is 0 Å². The smallest absolute Gasteiger partial charge is 0.204 e. The molecule has 3 unspecified atom stereocenters. The lowest BCUT2D eigenvalue weighted by Crippen LogP contribution is -2.12. The Bertz CT molecular complexity index is 427. The lowest BCUT2D eigenvalue weighted by molar-refractivity contribution is 0.301. The highest BCUT2D eigenvalue weighted by atomic mass is 35.5. The molecule has 0 amide bonds. The second-order valence-electron chi connectivity index (χ2n) is 7.76. The van der Waals surface area contributed by atoms with Gasteiger partial charge in [0.15, 0.2) is 0 Å². The largest absolute Gasteiger partial charge is 0.328 e. The van der Waals surface area contributed by atoms with Crippen LogP contribution in [0.4, 0.5) is 0 Å². The molecule has 1 heterocycles. The molecule has 1 saturated carbocycles.